The molecule has 4 nitrogen and oxygen atoms in total. The zero-order valence-corrected chi connectivity index (χ0v) is 15.2. The lowest BCUT2D eigenvalue weighted by molar-refractivity contribution is -0.115. The number of halogens is 1. The summed E-state index contributed by atoms with van der Waals surface area (Å²) in [7, 11) is 0. The van der Waals surface area contributed by atoms with Gasteiger partial charge in [-0.05, 0) is 24.1 Å². The fourth-order valence-electron chi connectivity index (χ4n) is 2.13. The molecule has 1 heterocycles. The van der Waals surface area contributed by atoms with Crippen molar-refractivity contribution in [3.8, 4) is 0 Å². The van der Waals surface area contributed by atoms with Crippen LogP contribution in [-0.2, 0) is 17.0 Å². The number of benzene rings is 2. The van der Waals surface area contributed by atoms with Gasteiger partial charge in [0, 0.05) is 5.75 Å². The quantitative estimate of drug-likeness (QED) is 0.512. The van der Waals surface area contributed by atoms with Crippen LogP contribution >= 0.6 is 23.1 Å². The molecule has 0 unspecified atom stereocenters. The molecule has 0 radical (unpaired) electrons. The molecule has 1 aromatic heterocycles. The molecule has 0 saturated heterocycles. The van der Waals surface area contributed by atoms with Crippen LogP contribution in [0, 0.1) is 12.7 Å². The maximum absolute atomic E-state index is 13.6. The van der Waals surface area contributed by atoms with Crippen LogP contribution in [-0.4, -0.2) is 16.1 Å². The number of amides is 1. The van der Waals surface area contributed by atoms with Gasteiger partial charge in [0.25, 0.3) is 0 Å². The van der Waals surface area contributed by atoms with E-state index in [4.69, 9.17) is 0 Å². The van der Waals surface area contributed by atoms with Crippen molar-refractivity contribution in [1.82, 2.24) is 10.2 Å². The molecule has 0 aliphatic rings. The average Bonchev–Trinajstić information content (AvgIpc) is 3.04. The molecule has 0 spiro atoms. The number of aromatic nitrogens is 2. The summed E-state index contributed by atoms with van der Waals surface area (Å²) >= 11 is 2.88. The summed E-state index contributed by atoms with van der Waals surface area (Å²) in [6.45, 7) is 2.05. The maximum Gasteiger partial charge on any atom is 0.230 e. The van der Waals surface area contributed by atoms with Gasteiger partial charge in [-0.3, -0.25) is 4.79 Å². The summed E-state index contributed by atoms with van der Waals surface area (Å²) in [5.41, 5.74) is 2.79. The van der Waals surface area contributed by atoms with Gasteiger partial charge in [0.1, 0.15) is 5.82 Å². The Balaban J connectivity index is 1.53. The van der Waals surface area contributed by atoms with Crippen LogP contribution in [0.15, 0.2) is 52.9 Å². The van der Waals surface area contributed by atoms with Crippen molar-refractivity contribution in [2.24, 2.45) is 0 Å². The Kier molecular flexibility index (Phi) is 5.78. The second kappa shape index (κ2) is 8.22. The van der Waals surface area contributed by atoms with Gasteiger partial charge >= 0.3 is 0 Å². The lowest BCUT2D eigenvalue weighted by atomic mass is 10.1. The first-order chi connectivity index (χ1) is 12.1. The highest BCUT2D eigenvalue weighted by molar-refractivity contribution is 8.00. The summed E-state index contributed by atoms with van der Waals surface area (Å²) < 4.78 is 14.4. The Morgan fingerprint density at radius 2 is 1.92 bits per heavy atom. The predicted molar refractivity (Wildman–Crippen MR) is 99.4 cm³/mol. The van der Waals surface area contributed by atoms with E-state index in [0.29, 0.717) is 10.7 Å². The standard InChI is InChI=1S/C18H16FN3OS2/c1-12-6-8-13(9-7-12)11-24-18-22-21-17(25-18)20-16(23)10-14-4-2-3-5-15(14)19/h2-9H,10-11H2,1H3,(H,20,21,23). The first-order valence-electron chi connectivity index (χ1n) is 7.65. The largest absolute Gasteiger partial charge is 0.300 e. The number of hydrogen-bond donors (Lipinski definition) is 1. The van der Waals surface area contributed by atoms with E-state index in [-0.39, 0.29) is 18.1 Å². The van der Waals surface area contributed by atoms with Crippen LogP contribution in [0.1, 0.15) is 16.7 Å². The molecule has 0 aliphatic carbocycles. The minimum atomic E-state index is -0.385. The topological polar surface area (TPSA) is 54.9 Å². The van der Waals surface area contributed by atoms with Gasteiger partial charge in [0.15, 0.2) is 4.34 Å². The molecule has 128 valence electrons. The molecule has 7 heteroatoms. The van der Waals surface area contributed by atoms with E-state index in [0.717, 1.165) is 10.1 Å². The van der Waals surface area contributed by atoms with Crippen LogP contribution in [0.25, 0.3) is 0 Å². The minimum absolute atomic E-state index is 0.0297. The Bertz CT molecular complexity index is 865. The van der Waals surface area contributed by atoms with Gasteiger partial charge in [-0.25, -0.2) is 4.39 Å². The molecular weight excluding hydrogens is 357 g/mol. The number of aryl methyl sites for hydroxylation is 1. The Morgan fingerprint density at radius 3 is 2.68 bits per heavy atom. The van der Waals surface area contributed by atoms with E-state index < -0.39 is 0 Å². The zero-order chi connectivity index (χ0) is 17.6. The fourth-order valence-corrected chi connectivity index (χ4v) is 3.85. The van der Waals surface area contributed by atoms with E-state index in [9.17, 15) is 9.18 Å². The van der Waals surface area contributed by atoms with E-state index in [1.807, 2.05) is 0 Å². The van der Waals surface area contributed by atoms with Gasteiger partial charge < -0.3 is 5.32 Å². The zero-order valence-electron chi connectivity index (χ0n) is 13.5. The molecule has 0 fully saturated rings. The Hall–Kier alpha value is -2.25. The predicted octanol–water partition coefficient (Wildman–Crippen LogP) is 4.46. The highest BCUT2D eigenvalue weighted by atomic mass is 32.2. The number of anilines is 1. The smallest absolute Gasteiger partial charge is 0.230 e. The summed E-state index contributed by atoms with van der Waals surface area (Å²) in [5, 5.41) is 11.1. The molecule has 0 saturated carbocycles. The lowest BCUT2D eigenvalue weighted by Crippen LogP contribution is -2.15. The third kappa shape index (κ3) is 5.11. The number of nitrogens with zero attached hydrogens (tertiary/aromatic N) is 2. The van der Waals surface area contributed by atoms with E-state index in [1.54, 1.807) is 30.0 Å². The van der Waals surface area contributed by atoms with Crippen molar-refractivity contribution < 1.29 is 9.18 Å². The number of rotatable bonds is 6. The van der Waals surface area contributed by atoms with Crippen molar-refractivity contribution in [2.75, 3.05) is 5.32 Å². The van der Waals surface area contributed by atoms with Gasteiger partial charge in [0.05, 0.1) is 6.42 Å². The first-order valence-corrected chi connectivity index (χ1v) is 9.45. The fraction of sp³-hybridized carbons (Fsp3) is 0.167. The highest BCUT2D eigenvalue weighted by Crippen LogP contribution is 2.28. The number of hydrogen-bond acceptors (Lipinski definition) is 5. The number of nitrogens with one attached hydrogen (secondary N) is 1. The van der Waals surface area contributed by atoms with Crippen molar-refractivity contribution in [3.05, 3.63) is 71.0 Å². The van der Waals surface area contributed by atoms with E-state index >= 15 is 0 Å². The first kappa shape index (κ1) is 17.6. The summed E-state index contributed by atoms with van der Waals surface area (Å²) in [5.74, 6) is 0.0959. The molecule has 2 aromatic carbocycles. The van der Waals surface area contributed by atoms with E-state index in [1.165, 1.54) is 28.5 Å². The molecule has 3 aromatic rings. The Labute approximate surface area is 153 Å². The molecule has 3 rings (SSSR count). The number of thioether (sulfide) groups is 1. The number of carbonyl (C=O) groups is 1. The lowest BCUT2D eigenvalue weighted by Gasteiger charge is -2.02. The molecule has 1 N–H and O–H groups in total. The monoisotopic (exact) mass is 373 g/mol. The van der Waals surface area contributed by atoms with Gasteiger partial charge in [-0.2, -0.15) is 0 Å². The van der Waals surface area contributed by atoms with E-state index in [2.05, 4.69) is 46.7 Å². The van der Waals surface area contributed by atoms with Crippen molar-refractivity contribution in [3.63, 3.8) is 0 Å². The average molecular weight is 373 g/mol. The minimum Gasteiger partial charge on any atom is -0.300 e. The number of carbonyl (C=O) groups excluding carboxylic acids is 1. The SMILES string of the molecule is Cc1ccc(CSc2nnc(NC(=O)Cc3ccccc3F)s2)cc1. The molecule has 1 amide bonds. The molecule has 0 aliphatic heterocycles. The van der Waals surface area contributed by atoms with Crippen molar-refractivity contribution in [1.29, 1.82) is 0 Å². The highest BCUT2D eigenvalue weighted by Gasteiger charge is 2.11. The molecule has 0 atom stereocenters. The van der Waals surface area contributed by atoms with Crippen LogP contribution in [0.2, 0.25) is 0 Å². The van der Waals surface area contributed by atoms with Crippen LogP contribution in [0.3, 0.4) is 0 Å². The molecule has 0 bridgehead atoms. The molecule has 25 heavy (non-hydrogen) atoms. The summed E-state index contributed by atoms with van der Waals surface area (Å²) in [4.78, 5) is 12.0. The van der Waals surface area contributed by atoms with Crippen LogP contribution < -0.4 is 5.32 Å². The van der Waals surface area contributed by atoms with Gasteiger partial charge in [-0.15, -0.1) is 10.2 Å². The normalized spacial score (nSPS) is 10.6. The third-order valence-electron chi connectivity index (χ3n) is 3.44. The third-order valence-corrected chi connectivity index (χ3v) is 5.49. The summed E-state index contributed by atoms with van der Waals surface area (Å²) in [6, 6.07) is 14.6. The maximum atomic E-state index is 13.6. The van der Waals surface area contributed by atoms with Crippen LogP contribution in [0.4, 0.5) is 9.52 Å². The summed E-state index contributed by atoms with van der Waals surface area (Å²) in [6.07, 6.45) is -0.0297. The van der Waals surface area contributed by atoms with Crippen molar-refractivity contribution >= 4 is 34.1 Å². The van der Waals surface area contributed by atoms with Gasteiger partial charge in [-0.1, -0.05) is 71.1 Å². The molecular formula is C18H16FN3OS2. The Morgan fingerprint density at radius 1 is 1.16 bits per heavy atom. The van der Waals surface area contributed by atoms with Gasteiger partial charge in [0.2, 0.25) is 11.0 Å². The second-order valence-corrected chi connectivity index (χ2v) is 7.66. The van der Waals surface area contributed by atoms with Crippen molar-refractivity contribution in [2.45, 2.75) is 23.4 Å². The van der Waals surface area contributed by atoms with Crippen LogP contribution in [0.5, 0.6) is 0 Å². The second-order valence-electron chi connectivity index (χ2n) is 5.46.